The van der Waals surface area contributed by atoms with Gasteiger partial charge in [-0.05, 0) is 41.8 Å². The van der Waals surface area contributed by atoms with Crippen LogP contribution in [-0.4, -0.2) is 65.2 Å². The Balaban J connectivity index is 1.87. The molecule has 0 unspecified atom stereocenters. The van der Waals surface area contributed by atoms with Crippen molar-refractivity contribution in [3.8, 4) is 11.5 Å². The zero-order chi connectivity index (χ0) is 29.1. The van der Waals surface area contributed by atoms with Gasteiger partial charge in [0.1, 0.15) is 17.5 Å². The zero-order valence-corrected chi connectivity index (χ0v) is 24.2. The Morgan fingerprint density at radius 1 is 0.900 bits per heavy atom. The number of benzene rings is 3. The highest BCUT2D eigenvalue weighted by Gasteiger charge is 2.30. The number of carbonyl (C=O) groups excluding carboxylic acids is 2. The predicted octanol–water partition coefficient (Wildman–Crippen LogP) is 3.64. The van der Waals surface area contributed by atoms with Gasteiger partial charge in [0.2, 0.25) is 21.8 Å². The maximum atomic E-state index is 13.8. The average Bonchev–Trinajstić information content (AvgIpc) is 2.96. The van der Waals surface area contributed by atoms with E-state index in [-0.39, 0.29) is 37.7 Å². The highest BCUT2D eigenvalue weighted by atomic mass is 32.2. The zero-order valence-electron chi connectivity index (χ0n) is 23.4. The number of amides is 2. The fourth-order valence-corrected chi connectivity index (χ4v) is 5.48. The smallest absolute Gasteiger partial charge is 0.242 e. The number of rotatable bonds is 14. The van der Waals surface area contributed by atoms with Gasteiger partial charge < -0.3 is 19.7 Å². The molecular formula is C30H37N3O6S. The van der Waals surface area contributed by atoms with Crippen LogP contribution in [0.5, 0.6) is 11.5 Å². The summed E-state index contributed by atoms with van der Waals surface area (Å²) in [5.41, 5.74) is 2.13. The van der Waals surface area contributed by atoms with E-state index in [9.17, 15) is 18.0 Å². The quantitative estimate of drug-likeness (QED) is 0.319. The third kappa shape index (κ3) is 8.22. The number of anilines is 1. The van der Waals surface area contributed by atoms with Crippen LogP contribution < -0.4 is 19.1 Å². The number of hydrogen-bond donors (Lipinski definition) is 1. The lowest BCUT2D eigenvalue weighted by Crippen LogP contribution is -2.49. The molecule has 40 heavy (non-hydrogen) atoms. The van der Waals surface area contributed by atoms with Crippen LogP contribution >= 0.6 is 0 Å². The van der Waals surface area contributed by atoms with Gasteiger partial charge in [0.05, 0.1) is 26.2 Å². The first-order valence-electron chi connectivity index (χ1n) is 13.0. The SMILES string of the molecule is CNC(=O)[C@H](Cc1ccccc1)N(Cc1cccc(OC)c1)C(=O)CCCN(c1ccccc1OC)S(C)(=O)=O. The van der Waals surface area contributed by atoms with Crippen molar-refractivity contribution in [3.05, 3.63) is 90.0 Å². The summed E-state index contributed by atoms with van der Waals surface area (Å²) in [5, 5.41) is 2.70. The molecule has 1 atom stereocenters. The molecule has 0 aliphatic heterocycles. The minimum atomic E-state index is -3.65. The van der Waals surface area contributed by atoms with E-state index >= 15 is 0 Å². The van der Waals surface area contributed by atoms with Crippen LogP contribution in [0.4, 0.5) is 5.69 Å². The standard InChI is InChI=1S/C30H37N3O6S/c1-31-30(35)27(21-23-12-6-5-7-13-23)32(22-24-14-10-15-25(20-24)38-2)29(34)18-11-19-33(40(4,36)37)26-16-8-9-17-28(26)39-3/h5-10,12-17,20,27H,11,18-19,21-22H2,1-4H3,(H,31,35)/t27-/m0/s1. The topological polar surface area (TPSA) is 105 Å². The lowest BCUT2D eigenvalue weighted by atomic mass is 10.0. The van der Waals surface area contributed by atoms with E-state index in [4.69, 9.17) is 9.47 Å². The highest BCUT2D eigenvalue weighted by molar-refractivity contribution is 7.92. The molecular weight excluding hydrogens is 530 g/mol. The summed E-state index contributed by atoms with van der Waals surface area (Å²) in [5.74, 6) is 0.513. The Labute approximate surface area is 236 Å². The molecule has 0 fully saturated rings. The fourth-order valence-electron chi connectivity index (χ4n) is 4.51. The second-order valence-corrected chi connectivity index (χ2v) is 11.2. The molecule has 2 amide bonds. The molecule has 0 radical (unpaired) electrons. The summed E-state index contributed by atoms with van der Waals surface area (Å²) in [6.07, 6.45) is 1.72. The highest BCUT2D eigenvalue weighted by Crippen LogP contribution is 2.30. The first-order valence-corrected chi connectivity index (χ1v) is 14.8. The minimum Gasteiger partial charge on any atom is -0.497 e. The molecule has 0 bridgehead atoms. The van der Waals surface area contributed by atoms with Crippen molar-refractivity contribution in [2.45, 2.75) is 31.8 Å². The number of methoxy groups -OCH3 is 2. The van der Waals surface area contributed by atoms with Crippen LogP contribution in [0.2, 0.25) is 0 Å². The van der Waals surface area contributed by atoms with E-state index < -0.39 is 16.1 Å². The van der Waals surface area contributed by atoms with Crippen LogP contribution in [0, 0.1) is 0 Å². The number of likely N-dealkylation sites (N-methyl/N-ethyl adjacent to an activating group) is 1. The monoisotopic (exact) mass is 567 g/mol. The van der Waals surface area contributed by atoms with Crippen molar-refractivity contribution in [2.24, 2.45) is 0 Å². The van der Waals surface area contributed by atoms with Gasteiger partial charge in [-0.2, -0.15) is 0 Å². The van der Waals surface area contributed by atoms with Gasteiger partial charge in [-0.3, -0.25) is 13.9 Å². The molecule has 0 spiro atoms. The van der Waals surface area contributed by atoms with Gasteiger partial charge in [-0.15, -0.1) is 0 Å². The molecule has 0 saturated carbocycles. The van der Waals surface area contributed by atoms with Crippen LogP contribution in [0.15, 0.2) is 78.9 Å². The Bertz CT molecular complexity index is 1380. The number of nitrogens with zero attached hydrogens (tertiary/aromatic N) is 2. The first-order chi connectivity index (χ1) is 19.2. The summed E-state index contributed by atoms with van der Waals surface area (Å²) in [6, 6.07) is 22.9. The molecule has 0 aliphatic rings. The Morgan fingerprint density at radius 3 is 2.23 bits per heavy atom. The second-order valence-electron chi connectivity index (χ2n) is 9.30. The number of nitrogens with one attached hydrogen (secondary N) is 1. The molecule has 3 aromatic carbocycles. The molecule has 3 rings (SSSR count). The predicted molar refractivity (Wildman–Crippen MR) is 156 cm³/mol. The Morgan fingerprint density at radius 2 is 1.57 bits per heavy atom. The van der Waals surface area contributed by atoms with E-state index in [0.29, 0.717) is 23.6 Å². The first kappa shape index (κ1) is 30.5. The minimum absolute atomic E-state index is 0.0351. The number of para-hydroxylation sites is 2. The summed E-state index contributed by atoms with van der Waals surface area (Å²) < 4.78 is 37.3. The van der Waals surface area contributed by atoms with Crippen LogP contribution in [-0.2, 0) is 32.6 Å². The van der Waals surface area contributed by atoms with E-state index in [1.54, 1.807) is 43.3 Å². The third-order valence-corrected chi connectivity index (χ3v) is 7.69. The number of carbonyl (C=O) groups is 2. The molecule has 10 heteroatoms. The van der Waals surface area contributed by atoms with Gasteiger partial charge >= 0.3 is 0 Å². The van der Waals surface area contributed by atoms with Gasteiger partial charge in [0.15, 0.2) is 0 Å². The van der Waals surface area contributed by atoms with Crippen molar-refractivity contribution in [1.82, 2.24) is 10.2 Å². The molecule has 0 aliphatic carbocycles. The van der Waals surface area contributed by atoms with Crippen LogP contribution in [0.1, 0.15) is 24.0 Å². The van der Waals surface area contributed by atoms with E-state index in [1.165, 1.54) is 11.4 Å². The molecule has 214 valence electrons. The Hall–Kier alpha value is -4.05. The summed E-state index contributed by atoms with van der Waals surface area (Å²) in [4.78, 5) is 28.4. The molecule has 9 nitrogen and oxygen atoms in total. The maximum absolute atomic E-state index is 13.8. The van der Waals surface area contributed by atoms with Crippen LogP contribution in [0.25, 0.3) is 0 Å². The third-order valence-electron chi connectivity index (χ3n) is 6.51. The number of sulfonamides is 1. The van der Waals surface area contributed by atoms with Crippen molar-refractivity contribution in [3.63, 3.8) is 0 Å². The van der Waals surface area contributed by atoms with E-state index in [2.05, 4.69) is 5.32 Å². The second kappa shape index (κ2) is 14.4. The number of ether oxygens (including phenoxy) is 2. The molecule has 0 saturated heterocycles. The van der Waals surface area contributed by atoms with Gasteiger partial charge in [-0.1, -0.05) is 54.6 Å². The lowest BCUT2D eigenvalue weighted by molar-refractivity contribution is -0.141. The van der Waals surface area contributed by atoms with Crippen molar-refractivity contribution in [1.29, 1.82) is 0 Å². The van der Waals surface area contributed by atoms with Gasteiger partial charge in [-0.25, -0.2) is 8.42 Å². The van der Waals surface area contributed by atoms with E-state index in [0.717, 1.165) is 17.4 Å². The van der Waals surface area contributed by atoms with Crippen molar-refractivity contribution in [2.75, 3.05) is 38.4 Å². The normalized spacial score (nSPS) is 11.8. The summed E-state index contributed by atoms with van der Waals surface area (Å²) in [6.45, 7) is 0.254. The maximum Gasteiger partial charge on any atom is 0.242 e. The molecule has 0 aromatic heterocycles. The van der Waals surface area contributed by atoms with Gasteiger partial charge in [0, 0.05) is 33.0 Å². The Kier molecular flexibility index (Phi) is 11.0. The molecule has 3 aromatic rings. The number of hydrogen-bond acceptors (Lipinski definition) is 6. The van der Waals surface area contributed by atoms with Gasteiger partial charge in [0.25, 0.3) is 0 Å². The van der Waals surface area contributed by atoms with E-state index in [1.807, 2.05) is 54.6 Å². The largest absolute Gasteiger partial charge is 0.497 e. The molecule has 1 N–H and O–H groups in total. The molecule has 0 heterocycles. The van der Waals surface area contributed by atoms with Crippen molar-refractivity contribution < 1.29 is 27.5 Å². The van der Waals surface area contributed by atoms with Crippen LogP contribution in [0.3, 0.4) is 0 Å². The average molecular weight is 568 g/mol. The fraction of sp³-hybridized carbons (Fsp3) is 0.333. The van der Waals surface area contributed by atoms with Crippen molar-refractivity contribution >= 4 is 27.5 Å². The summed E-state index contributed by atoms with van der Waals surface area (Å²) in [7, 11) is 0.945. The lowest BCUT2D eigenvalue weighted by Gasteiger charge is -2.31. The summed E-state index contributed by atoms with van der Waals surface area (Å²) >= 11 is 0.